The van der Waals surface area contributed by atoms with Crippen molar-refractivity contribution in [2.75, 3.05) is 26.7 Å². The summed E-state index contributed by atoms with van der Waals surface area (Å²) in [6.45, 7) is 8.94. The zero-order chi connectivity index (χ0) is 10.3. The van der Waals surface area contributed by atoms with E-state index in [-0.39, 0.29) is 6.09 Å². The largest absolute Gasteiger partial charge is 0.453 e. The van der Waals surface area contributed by atoms with Crippen LogP contribution in [0.1, 0.15) is 20.8 Å². The first-order chi connectivity index (χ1) is 6.15. The molecular formula is C9H20N2O2. The Balaban J connectivity index is 3.71. The third-order valence-electron chi connectivity index (χ3n) is 2.16. The van der Waals surface area contributed by atoms with Crippen LogP contribution in [0, 0.1) is 0 Å². The molecule has 1 amide bonds. The van der Waals surface area contributed by atoms with Crippen LogP contribution in [0.3, 0.4) is 0 Å². The van der Waals surface area contributed by atoms with Gasteiger partial charge in [0.05, 0.1) is 7.11 Å². The van der Waals surface area contributed by atoms with Crippen molar-refractivity contribution in [2.45, 2.75) is 26.8 Å². The molecule has 0 heterocycles. The van der Waals surface area contributed by atoms with E-state index in [9.17, 15) is 4.79 Å². The number of hydrogen-bond acceptors (Lipinski definition) is 3. The van der Waals surface area contributed by atoms with Crippen LogP contribution in [0.4, 0.5) is 4.79 Å². The number of nitrogens with zero attached hydrogens (tertiary/aromatic N) is 1. The van der Waals surface area contributed by atoms with Gasteiger partial charge in [-0.1, -0.05) is 13.8 Å². The van der Waals surface area contributed by atoms with Crippen molar-refractivity contribution in [1.82, 2.24) is 10.2 Å². The highest BCUT2D eigenvalue weighted by Gasteiger charge is 2.10. The summed E-state index contributed by atoms with van der Waals surface area (Å²) in [7, 11) is 1.37. The molecule has 1 atom stereocenters. The molecule has 0 rings (SSSR count). The van der Waals surface area contributed by atoms with Gasteiger partial charge in [0, 0.05) is 12.6 Å². The van der Waals surface area contributed by atoms with Gasteiger partial charge in [0.1, 0.15) is 0 Å². The van der Waals surface area contributed by atoms with Crippen LogP contribution in [-0.4, -0.2) is 43.8 Å². The number of rotatable bonds is 5. The fraction of sp³-hybridized carbons (Fsp3) is 0.889. The van der Waals surface area contributed by atoms with Gasteiger partial charge >= 0.3 is 6.09 Å². The average Bonchev–Trinajstić information content (AvgIpc) is 2.16. The Bertz CT molecular complexity index is 147. The van der Waals surface area contributed by atoms with Gasteiger partial charge in [-0.3, -0.25) is 4.90 Å². The highest BCUT2D eigenvalue weighted by Crippen LogP contribution is 1.96. The number of amides is 1. The smallest absolute Gasteiger partial charge is 0.406 e. The molecule has 0 aliphatic rings. The van der Waals surface area contributed by atoms with E-state index in [1.54, 1.807) is 0 Å². The van der Waals surface area contributed by atoms with Crippen molar-refractivity contribution in [2.24, 2.45) is 0 Å². The quantitative estimate of drug-likeness (QED) is 0.701. The molecule has 13 heavy (non-hydrogen) atoms. The van der Waals surface area contributed by atoms with E-state index in [0.29, 0.717) is 12.6 Å². The molecule has 78 valence electrons. The van der Waals surface area contributed by atoms with E-state index in [4.69, 9.17) is 0 Å². The predicted molar refractivity (Wildman–Crippen MR) is 52.8 cm³/mol. The number of methoxy groups -OCH3 is 1. The van der Waals surface area contributed by atoms with Gasteiger partial charge < -0.3 is 10.1 Å². The molecule has 0 aromatic rings. The SMILES string of the molecule is CCN(CC)C(C)CNC(=O)OC. The van der Waals surface area contributed by atoms with Crippen LogP contribution in [0.2, 0.25) is 0 Å². The third-order valence-corrected chi connectivity index (χ3v) is 2.16. The van der Waals surface area contributed by atoms with Gasteiger partial charge in [-0.05, 0) is 20.0 Å². The first-order valence-corrected chi connectivity index (χ1v) is 4.71. The lowest BCUT2D eigenvalue weighted by Crippen LogP contribution is -2.41. The first-order valence-electron chi connectivity index (χ1n) is 4.71. The summed E-state index contributed by atoms with van der Waals surface area (Å²) in [5.41, 5.74) is 0. The maximum Gasteiger partial charge on any atom is 0.406 e. The Kier molecular flexibility index (Phi) is 6.32. The summed E-state index contributed by atoms with van der Waals surface area (Å²) in [6.07, 6.45) is -0.362. The fourth-order valence-electron chi connectivity index (χ4n) is 1.28. The number of carbonyl (C=O) groups is 1. The summed E-state index contributed by atoms with van der Waals surface area (Å²) in [4.78, 5) is 13.0. The zero-order valence-corrected chi connectivity index (χ0v) is 8.96. The number of carbonyl (C=O) groups excluding carboxylic acids is 1. The van der Waals surface area contributed by atoms with E-state index in [0.717, 1.165) is 13.1 Å². The van der Waals surface area contributed by atoms with Crippen molar-refractivity contribution in [3.05, 3.63) is 0 Å². The zero-order valence-electron chi connectivity index (χ0n) is 8.96. The number of alkyl carbamates (subject to hydrolysis) is 1. The molecule has 1 N–H and O–H groups in total. The van der Waals surface area contributed by atoms with Crippen LogP contribution < -0.4 is 5.32 Å². The van der Waals surface area contributed by atoms with Crippen molar-refractivity contribution < 1.29 is 9.53 Å². The Morgan fingerprint density at radius 1 is 1.46 bits per heavy atom. The van der Waals surface area contributed by atoms with Crippen LogP contribution in [0.5, 0.6) is 0 Å². The van der Waals surface area contributed by atoms with Gasteiger partial charge in [-0.15, -0.1) is 0 Å². The van der Waals surface area contributed by atoms with E-state index < -0.39 is 0 Å². The van der Waals surface area contributed by atoms with Crippen molar-refractivity contribution in [1.29, 1.82) is 0 Å². The second kappa shape index (κ2) is 6.71. The highest BCUT2D eigenvalue weighted by atomic mass is 16.5. The summed E-state index contributed by atoms with van der Waals surface area (Å²) in [5.74, 6) is 0. The number of hydrogen-bond donors (Lipinski definition) is 1. The van der Waals surface area contributed by atoms with Crippen molar-refractivity contribution in [3.8, 4) is 0 Å². The number of likely N-dealkylation sites (N-methyl/N-ethyl adjacent to an activating group) is 1. The lowest BCUT2D eigenvalue weighted by Gasteiger charge is -2.26. The topological polar surface area (TPSA) is 41.6 Å². The molecule has 4 heteroatoms. The summed E-state index contributed by atoms with van der Waals surface area (Å²) < 4.78 is 4.48. The fourth-order valence-corrected chi connectivity index (χ4v) is 1.28. The predicted octanol–water partition coefficient (Wildman–Crippen LogP) is 1.07. The van der Waals surface area contributed by atoms with Gasteiger partial charge in [0.25, 0.3) is 0 Å². The third kappa shape index (κ3) is 4.72. The van der Waals surface area contributed by atoms with Crippen LogP contribution in [0.15, 0.2) is 0 Å². The molecule has 1 unspecified atom stereocenters. The summed E-state index contributed by atoms with van der Waals surface area (Å²) >= 11 is 0. The monoisotopic (exact) mass is 188 g/mol. The molecule has 0 saturated heterocycles. The normalized spacial score (nSPS) is 12.7. The molecule has 0 radical (unpaired) electrons. The molecule has 0 aromatic heterocycles. The van der Waals surface area contributed by atoms with Gasteiger partial charge in [0.15, 0.2) is 0 Å². The Hall–Kier alpha value is -0.770. The maximum absolute atomic E-state index is 10.8. The van der Waals surface area contributed by atoms with Gasteiger partial charge in [-0.25, -0.2) is 4.79 Å². The molecule has 0 fully saturated rings. The Morgan fingerprint density at radius 2 is 2.00 bits per heavy atom. The lowest BCUT2D eigenvalue weighted by atomic mass is 10.3. The molecule has 0 aromatic carbocycles. The second-order valence-corrected chi connectivity index (χ2v) is 2.94. The standard InChI is InChI=1S/C9H20N2O2/c1-5-11(6-2)8(3)7-10-9(12)13-4/h8H,5-7H2,1-4H3,(H,10,12). The maximum atomic E-state index is 10.8. The minimum atomic E-state index is -0.362. The Morgan fingerprint density at radius 3 is 2.38 bits per heavy atom. The minimum Gasteiger partial charge on any atom is -0.453 e. The van der Waals surface area contributed by atoms with Crippen molar-refractivity contribution in [3.63, 3.8) is 0 Å². The average molecular weight is 188 g/mol. The first kappa shape index (κ1) is 12.2. The number of nitrogens with one attached hydrogen (secondary N) is 1. The van der Waals surface area contributed by atoms with Crippen molar-refractivity contribution >= 4 is 6.09 Å². The molecule has 0 saturated carbocycles. The van der Waals surface area contributed by atoms with Gasteiger partial charge in [-0.2, -0.15) is 0 Å². The Labute approximate surface area is 80.2 Å². The molecule has 4 nitrogen and oxygen atoms in total. The second-order valence-electron chi connectivity index (χ2n) is 2.94. The highest BCUT2D eigenvalue weighted by molar-refractivity contribution is 5.66. The van der Waals surface area contributed by atoms with E-state index in [1.165, 1.54) is 7.11 Å². The molecule has 0 spiro atoms. The van der Waals surface area contributed by atoms with E-state index in [1.807, 2.05) is 0 Å². The van der Waals surface area contributed by atoms with Gasteiger partial charge in [0.2, 0.25) is 0 Å². The molecule has 0 aliphatic heterocycles. The number of ether oxygens (including phenoxy) is 1. The molecule has 0 aliphatic carbocycles. The van der Waals surface area contributed by atoms with Crippen LogP contribution in [0.25, 0.3) is 0 Å². The van der Waals surface area contributed by atoms with E-state index >= 15 is 0 Å². The minimum absolute atomic E-state index is 0.356. The van der Waals surface area contributed by atoms with Crippen LogP contribution >= 0.6 is 0 Å². The lowest BCUT2D eigenvalue weighted by molar-refractivity contribution is 0.163. The van der Waals surface area contributed by atoms with Crippen LogP contribution in [-0.2, 0) is 4.74 Å². The van der Waals surface area contributed by atoms with E-state index in [2.05, 4.69) is 35.7 Å². The molecule has 0 bridgehead atoms. The summed E-state index contributed by atoms with van der Waals surface area (Å²) in [6, 6.07) is 0.356. The summed E-state index contributed by atoms with van der Waals surface area (Å²) in [5, 5.41) is 2.68. The molecular weight excluding hydrogens is 168 g/mol.